The predicted molar refractivity (Wildman–Crippen MR) is 134 cm³/mol. The van der Waals surface area contributed by atoms with E-state index >= 15 is 0 Å². The molecular weight excluding hydrogens is 479 g/mol. The van der Waals surface area contributed by atoms with Gasteiger partial charge in [0.1, 0.15) is 0 Å². The summed E-state index contributed by atoms with van der Waals surface area (Å²) in [4.78, 5) is 25.2. The summed E-state index contributed by atoms with van der Waals surface area (Å²) in [5.41, 5.74) is -1.28. The molecule has 0 saturated heterocycles. The van der Waals surface area contributed by atoms with Crippen molar-refractivity contribution in [3.05, 3.63) is 59.2 Å². The SMILES string of the molecule is CC(NC(=O)[C@H]1CC[C@H]2[C@@H]3CC=C4C=C(C(=O)O)CC[C@]4(C)[C@H]3CC[C@]12C)(c1ccccc1)C(F)(F)F. The molecule has 2 N–H and O–H groups in total. The first-order valence-electron chi connectivity index (χ1n) is 13.4. The van der Waals surface area contributed by atoms with E-state index in [0.29, 0.717) is 30.3 Å². The summed E-state index contributed by atoms with van der Waals surface area (Å²) in [6.07, 6.45) is 4.72. The van der Waals surface area contributed by atoms with Crippen molar-refractivity contribution < 1.29 is 27.9 Å². The topological polar surface area (TPSA) is 66.4 Å². The van der Waals surface area contributed by atoms with Gasteiger partial charge in [-0.05, 0) is 97.7 Å². The van der Waals surface area contributed by atoms with Crippen molar-refractivity contribution in [2.75, 3.05) is 0 Å². The molecule has 200 valence electrons. The maximum absolute atomic E-state index is 14.3. The van der Waals surface area contributed by atoms with Gasteiger partial charge < -0.3 is 10.4 Å². The van der Waals surface area contributed by atoms with Gasteiger partial charge in [-0.1, -0.05) is 50.3 Å². The first-order valence-corrected chi connectivity index (χ1v) is 13.4. The van der Waals surface area contributed by atoms with Crippen LogP contribution in [0.5, 0.6) is 0 Å². The highest BCUT2D eigenvalue weighted by atomic mass is 19.4. The molecule has 4 nitrogen and oxygen atoms in total. The lowest BCUT2D eigenvalue weighted by atomic mass is 9.48. The number of rotatable bonds is 4. The van der Waals surface area contributed by atoms with E-state index < -0.39 is 29.5 Å². The van der Waals surface area contributed by atoms with E-state index in [9.17, 15) is 27.9 Å². The van der Waals surface area contributed by atoms with Gasteiger partial charge in [0.15, 0.2) is 5.54 Å². The van der Waals surface area contributed by atoms with Gasteiger partial charge >= 0.3 is 12.1 Å². The highest BCUT2D eigenvalue weighted by Gasteiger charge is 2.61. The van der Waals surface area contributed by atoms with Crippen LogP contribution in [0.3, 0.4) is 0 Å². The summed E-state index contributed by atoms with van der Waals surface area (Å²) in [5, 5.41) is 11.9. The lowest BCUT2D eigenvalue weighted by Gasteiger charge is -2.57. The third kappa shape index (κ3) is 3.95. The molecule has 1 aromatic rings. The Morgan fingerprint density at radius 3 is 2.38 bits per heavy atom. The van der Waals surface area contributed by atoms with Gasteiger partial charge in [0, 0.05) is 11.5 Å². The van der Waals surface area contributed by atoms with Gasteiger partial charge in [0.25, 0.3) is 0 Å². The highest BCUT2D eigenvalue weighted by Crippen LogP contribution is 2.66. The minimum Gasteiger partial charge on any atom is -0.478 e. The summed E-state index contributed by atoms with van der Waals surface area (Å²) < 4.78 is 42.9. The van der Waals surface area contributed by atoms with Crippen molar-refractivity contribution in [2.24, 2.45) is 34.5 Å². The van der Waals surface area contributed by atoms with Crippen molar-refractivity contribution >= 4 is 11.9 Å². The van der Waals surface area contributed by atoms with Crippen LogP contribution in [0.25, 0.3) is 0 Å². The van der Waals surface area contributed by atoms with Gasteiger partial charge in [0.05, 0.1) is 0 Å². The number of hydrogen-bond donors (Lipinski definition) is 2. The van der Waals surface area contributed by atoms with Crippen LogP contribution in [-0.2, 0) is 15.1 Å². The number of halogens is 3. The molecule has 0 spiro atoms. The molecule has 4 aliphatic rings. The number of hydrogen-bond acceptors (Lipinski definition) is 2. The maximum atomic E-state index is 14.3. The molecule has 1 unspecified atom stereocenters. The van der Waals surface area contributed by atoms with Gasteiger partial charge in [-0.25, -0.2) is 4.79 Å². The number of carboxylic acid groups (broad SMARTS) is 1. The third-order valence-electron chi connectivity index (χ3n) is 10.7. The van der Waals surface area contributed by atoms with E-state index in [1.54, 1.807) is 18.2 Å². The average molecular weight is 516 g/mol. The van der Waals surface area contributed by atoms with Crippen LogP contribution in [0.15, 0.2) is 53.6 Å². The number of allylic oxidation sites excluding steroid dienone is 3. The predicted octanol–water partition coefficient (Wildman–Crippen LogP) is 6.78. The number of amides is 1. The maximum Gasteiger partial charge on any atom is 0.415 e. The van der Waals surface area contributed by atoms with Crippen LogP contribution >= 0.6 is 0 Å². The van der Waals surface area contributed by atoms with Crippen molar-refractivity contribution in [1.82, 2.24) is 5.32 Å². The first-order chi connectivity index (χ1) is 17.3. The Labute approximate surface area is 216 Å². The van der Waals surface area contributed by atoms with Crippen LogP contribution < -0.4 is 5.32 Å². The zero-order chi connectivity index (χ0) is 26.8. The number of carbonyl (C=O) groups excluding carboxylic acids is 1. The molecule has 0 bridgehead atoms. The van der Waals surface area contributed by atoms with E-state index in [0.717, 1.165) is 44.6 Å². The fraction of sp³-hybridized carbons (Fsp3) is 0.600. The molecule has 0 radical (unpaired) electrons. The van der Waals surface area contributed by atoms with E-state index in [-0.39, 0.29) is 22.3 Å². The molecule has 2 saturated carbocycles. The zero-order valence-electron chi connectivity index (χ0n) is 21.7. The van der Waals surface area contributed by atoms with Crippen LogP contribution in [-0.4, -0.2) is 23.2 Å². The number of benzene rings is 1. The second kappa shape index (κ2) is 8.74. The standard InChI is InChI=1S/C30H36F3NO3/c1-27-15-13-18(26(36)37)17-20(27)9-10-21-22-11-12-24(28(22,2)16-14-23(21)27)25(35)34-29(3,30(31,32)33)19-7-5-4-6-8-19/h4-9,17,21-24H,10-16H2,1-3H3,(H,34,35)(H,36,37)/t21-,22-,23-,24+,27-,28-,29?/m0/s1. The fourth-order valence-corrected chi connectivity index (χ4v) is 8.34. The number of carboxylic acids is 1. The minimum absolute atomic E-state index is 0.0308. The Balaban J connectivity index is 1.40. The Morgan fingerprint density at radius 1 is 1.03 bits per heavy atom. The molecule has 7 heteroatoms. The number of aliphatic carboxylic acids is 1. The van der Waals surface area contributed by atoms with Gasteiger partial charge in [-0.2, -0.15) is 13.2 Å². The Hall–Kier alpha value is -2.57. The molecule has 1 amide bonds. The first kappa shape index (κ1) is 26.1. The van der Waals surface area contributed by atoms with Crippen molar-refractivity contribution in [1.29, 1.82) is 0 Å². The quantitative estimate of drug-likeness (QED) is 0.465. The second-order valence-corrected chi connectivity index (χ2v) is 12.3. The van der Waals surface area contributed by atoms with E-state index in [2.05, 4.69) is 25.2 Å². The minimum atomic E-state index is -4.64. The van der Waals surface area contributed by atoms with Crippen LogP contribution in [0.4, 0.5) is 13.2 Å². The molecule has 0 aliphatic heterocycles. The number of nitrogens with one attached hydrogen (secondary N) is 1. The van der Waals surface area contributed by atoms with Gasteiger partial charge in [0.2, 0.25) is 5.91 Å². The van der Waals surface area contributed by atoms with E-state index in [1.807, 2.05) is 6.08 Å². The molecular formula is C30H36F3NO3. The van der Waals surface area contributed by atoms with Gasteiger partial charge in [-0.3, -0.25) is 4.79 Å². The molecule has 37 heavy (non-hydrogen) atoms. The van der Waals surface area contributed by atoms with Crippen LogP contribution in [0.1, 0.15) is 71.3 Å². The monoisotopic (exact) mass is 515 g/mol. The fourth-order valence-electron chi connectivity index (χ4n) is 8.34. The van der Waals surface area contributed by atoms with Crippen LogP contribution in [0.2, 0.25) is 0 Å². The van der Waals surface area contributed by atoms with Gasteiger partial charge in [-0.15, -0.1) is 0 Å². The molecule has 5 rings (SSSR count). The zero-order valence-corrected chi connectivity index (χ0v) is 21.7. The average Bonchev–Trinajstić information content (AvgIpc) is 3.20. The Bertz CT molecular complexity index is 1160. The number of fused-ring (bicyclic) bond motifs is 5. The largest absolute Gasteiger partial charge is 0.478 e. The van der Waals surface area contributed by atoms with E-state index in [4.69, 9.17) is 0 Å². The second-order valence-electron chi connectivity index (χ2n) is 12.3. The van der Waals surface area contributed by atoms with Crippen molar-refractivity contribution in [2.45, 2.75) is 77.4 Å². The summed E-state index contributed by atoms with van der Waals surface area (Å²) in [5.74, 6) is -0.816. The van der Waals surface area contributed by atoms with Crippen molar-refractivity contribution in [3.63, 3.8) is 0 Å². The molecule has 0 aromatic heterocycles. The summed E-state index contributed by atoms with van der Waals surface area (Å²) in [6, 6.07) is 7.62. The van der Waals surface area contributed by atoms with E-state index in [1.165, 1.54) is 12.1 Å². The lowest BCUT2D eigenvalue weighted by Crippen LogP contribution is -2.57. The molecule has 7 atom stereocenters. The summed E-state index contributed by atoms with van der Waals surface area (Å²) in [7, 11) is 0. The summed E-state index contributed by atoms with van der Waals surface area (Å²) in [6.45, 7) is 5.42. The Kier molecular flexibility index (Phi) is 6.15. The molecule has 0 heterocycles. The third-order valence-corrected chi connectivity index (χ3v) is 10.7. The highest BCUT2D eigenvalue weighted by molar-refractivity contribution is 5.87. The Morgan fingerprint density at radius 2 is 1.73 bits per heavy atom. The lowest BCUT2D eigenvalue weighted by molar-refractivity contribution is -0.199. The number of carbonyl (C=O) groups is 2. The molecule has 2 fully saturated rings. The van der Waals surface area contributed by atoms with Crippen LogP contribution in [0, 0.1) is 34.5 Å². The van der Waals surface area contributed by atoms with Crippen molar-refractivity contribution in [3.8, 4) is 0 Å². The smallest absolute Gasteiger partial charge is 0.415 e. The molecule has 1 aromatic carbocycles. The summed E-state index contributed by atoms with van der Waals surface area (Å²) >= 11 is 0. The molecule has 4 aliphatic carbocycles. The number of alkyl halides is 3. The normalized spacial score (nSPS) is 36.7.